The van der Waals surface area contributed by atoms with Crippen molar-refractivity contribution in [2.45, 2.75) is 19.9 Å². The van der Waals surface area contributed by atoms with Gasteiger partial charge in [-0.3, -0.25) is 4.57 Å². The molecule has 6 heteroatoms. The number of hydrogen-bond acceptors (Lipinski definition) is 3. The van der Waals surface area contributed by atoms with Crippen molar-refractivity contribution < 1.29 is 4.39 Å². The van der Waals surface area contributed by atoms with E-state index in [0.717, 1.165) is 5.69 Å². The van der Waals surface area contributed by atoms with Gasteiger partial charge in [-0.2, -0.15) is 0 Å². The quantitative estimate of drug-likeness (QED) is 0.865. The van der Waals surface area contributed by atoms with Gasteiger partial charge in [0, 0.05) is 18.8 Å². The van der Waals surface area contributed by atoms with Crippen LogP contribution >= 0.6 is 12.2 Å². The minimum atomic E-state index is -0.255. The zero-order chi connectivity index (χ0) is 13.3. The number of nitrogens with zero attached hydrogens (tertiary/aromatic N) is 3. The van der Waals surface area contributed by atoms with Crippen LogP contribution in [0, 0.1) is 10.6 Å². The Hall–Kier alpha value is -1.69. The molecule has 0 saturated heterocycles. The Morgan fingerprint density at radius 3 is 2.50 bits per heavy atom. The van der Waals surface area contributed by atoms with Crippen molar-refractivity contribution in [2.24, 2.45) is 0 Å². The first-order chi connectivity index (χ1) is 8.50. The van der Waals surface area contributed by atoms with E-state index in [-0.39, 0.29) is 11.9 Å². The number of rotatable bonds is 3. The fraction of sp³-hybridized carbons (Fsp3) is 0.333. The summed E-state index contributed by atoms with van der Waals surface area (Å²) in [7, 11) is 1.87. The monoisotopic (exact) mass is 266 g/mol. The normalized spacial score (nSPS) is 10.9. The maximum Gasteiger partial charge on any atom is 0.230 e. The van der Waals surface area contributed by atoms with Gasteiger partial charge in [0.1, 0.15) is 5.82 Å². The van der Waals surface area contributed by atoms with Crippen LogP contribution in [-0.2, 0) is 0 Å². The van der Waals surface area contributed by atoms with Gasteiger partial charge >= 0.3 is 0 Å². The first kappa shape index (κ1) is 12.8. The number of anilines is 2. The van der Waals surface area contributed by atoms with Gasteiger partial charge in [0.15, 0.2) is 4.77 Å². The predicted molar refractivity (Wildman–Crippen MR) is 72.3 cm³/mol. The zero-order valence-corrected chi connectivity index (χ0v) is 11.3. The number of halogens is 1. The zero-order valence-electron chi connectivity index (χ0n) is 10.5. The minimum Gasteiger partial charge on any atom is -0.314 e. The van der Waals surface area contributed by atoms with Crippen LogP contribution < -0.4 is 4.90 Å². The van der Waals surface area contributed by atoms with Crippen molar-refractivity contribution in [1.29, 1.82) is 0 Å². The van der Waals surface area contributed by atoms with Crippen LogP contribution in [0.5, 0.6) is 0 Å². The van der Waals surface area contributed by atoms with Crippen LogP contribution in [0.1, 0.15) is 19.9 Å². The fourth-order valence-electron chi connectivity index (χ4n) is 1.78. The van der Waals surface area contributed by atoms with E-state index in [2.05, 4.69) is 10.2 Å². The topological polar surface area (TPSA) is 36.9 Å². The van der Waals surface area contributed by atoms with E-state index in [0.29, 0.717) is 10.7 Å². The molecule has 0 unspecified atom stereocenters. The van der Waals surface area contributed by atoms with E-state index in [1.165, 1.54) is 12.1 Å². The van der Waals surface area contributed by atoms with E-state index < -0.39 is 0 Å². The maximum atomic E-state index is 12.9. The molecule has 2 aromatic rings. The molecule has 1 heterocycles. The molecule has 0 amide bonds. The Labute approximate surface area is 110 Å². The van der Waals surface area contributed by atoms with Gasteiger partial charge in [-0.05, 0) is 50.3 Å². The summed E-state index contributed by atoms with van der Waals surface area (Å²) in [4.78, 5) is 1.87. The molecule has 0 fully saturated rings. The summed E-state index contributed by atoms with van der Waals surface area (Å²) in [6, 6.07) is 6.46. The molecule has 0 aliphatic rings. The second-order valence-corrected chi connectivity index (χ2v) is 4.71. The standard InChI is InChI=1S/C12H15FN4S/c1-8(2)17-11(14-15-12(17)18)16(3)10-6-4-9(13)5-7-10/h4-8H,1-3H3,(H,15,18). The third-order valence-electron chi connectivity index (χ3n) is 2.72. The lowest BCUT2D eigenvalue weighted by Crippen LogP contribution is -2.16. The fourth-order valence-corrected chi connectivity index (χ4v) is 2.12. The smallest absolute Gasteiger partial charge is 0.230 e. The Balaban J connectivity index is 2.43. The lowest BCUT2D eigenvalue weighted by Gasteiger charge is -2.20. The van der Waals surface area contributed by atoms with Crippen LogP contribution in [0.2, 0.25) is 0 Å². The van der Waals surface area contributed by atoms with Gasteiger partial charge in [-0.15, -0.1) is 5.10 Å². The second kappa shape index (κ2) is 4.89. The molecule has 0 atom stereocenters. The summed E-state index contributed by atoms with van der Waals surface area (Å²) in [5, 5.41) is 6.99. The third-order valence-corrected chi connectivity index (χ3v) is 3.00. The Morgan fingerprint density at radius 1 is 1.33 bits per heavy atom. The Kier molecular flexibility index (Phi) is 3.47. The number of nitrogens with one attached hydrogen (secondary N) is 1. The number of hydrogen-bond donors (Lipinski definition) is 1. The number of H-pyrrole nitrogens is 1. The lowest BCUT2D eigenvalue weighted by atomic mass is 10.3. The molecular weight excluding hydrogens is 251 g/mol. The van der Waals surface area contributed by atoms with Gasteiger partial charge in [0.05, 0.1) is 0 Å². The molecule has 1 aromatic carbocycles. The van der Waals surface area contributed by atoms with Gasteiger partial charge in [0.25, 0.3) is 0 Å². The highest BCUT2D eigenvalue weighted by Gasteiger charge is 2.14. The highest BCUT2D eigenvalue weighted by atomic mass is 32.1. The number of benzene rings is 1. The van der Waals surface area contributed by atoms with E-state index >= 15 is 0 Å². The Bertz CT molecular complexity index is 585. The number of aromatic amines is 1. The van der Waals surface area contributed by atoms with Crippen molar-refractivity contribution in [3.63, 3.8) is 0 Å². The van der Waals surface area contributed by atoms with Gasteiger partial charge < -0.3 is 4.90 Å². The predicted octanol–water partition coefficient (Wildman–Crippen LogP) is 3.43. The van der Waals surface area contributed by atoms with E-state index in [4.69, 9.17) is 12.2 Å². The van der Waals surface area contributed by atoms with Crippen LogP contribution in [0.3, 0.4) is 0 Å². The first-order valence-electron chi connectivity index (χ1n) is 5.67. The molecule has 0 bridgehead atoms. The van der Waals surface area contributed by atoms with E-state index in [1.54, 1.807) is 12.1 Å². The van der Waals surface area contributed by atoms with Crippen LogP contribution in [0.25, 0.3) is 0 Å². The summed E-state index contributed by atoms with van der Waals surface area (Å²) in [6.45, 7) is 4.07. The molecule has 1 aromatic heterocycles. The summed E-state index contributed by atoms with van der Waals surface area (Å²) in [6.07, 6.45) is 0. The van der Waals surface area contributed by atoms with E-state index in [1.807, 2.05) is 30.4 Å². The SMILES string of the molecule is CC(C)n1c(N(C)c2ccc(F)cc2)n[nH]c1=S. The van der Waals surface area contributed by atoms with Gasteiger partial charge in [0.2, 0.25) is 5.95 Å². The van der Waals surface area contributed by atoms with Crippen LogP contribution in [-0.4, -0.2) is 21.8 Å². The molecule has 1 N–H and O–H groups in total. The lowest BCUT2D eigenvalue weighted by molar-refractivity contribution is 0.591. The molecule has 0 aliphatic heterocycles. The van der Waals surface area contributed by atoms with Crippen LogP contribution in [0.4, 0.5) is 16.0 Å². The first-order valence-corrected chi connectivity index (χ1v) is 6.07. The molecule has 0 aliphatic carbocycles. The summed E-state index contributed by atoms with van der Waals surface area (Å²) >= 11 is 5.20. The van der Waals surface area contributed by atoms with Crippen molar-refractivity contribution in [2.75, 3.05) is 11.9 Å². The molecule has 2 rings (SSSR count). The minimum absolute atomic E-state index is 0.203. The summed E-state index contributed by atoms with van der Waals surface area (Å²) in [5.74, 6) is 0.455. The largest absolute Gasteiger partial charge is 0.314 e. The van der Waals surface area contributed by atoms with Gasteiger partial charge in [-0.25, -0.2) is 9.49 Å². The number of aromatic nitrogens is 3. The molecule has 0 saturated carbocycles. The molecule has 96 valence electrons. The molecule has 18 heavy (non-hydrogen) atoms. The highest BCUT2D eigenvalue weighted by molar-refractivity contribution is 7.71. The summed E-state index contributed by atoms with van der Waals surface area (Å²) < 4.78 is 15.4. The average molecular weight is 266 g/mol. The summed E-state index contributed by atoms with van der Waals surface area (Å²) in [5.41, 5.74) is 0.854. The maximum absolute atomic E-state index is 12.9. The second-order valence-electron chi connectivity index (χ2n) is 4.33. The van der Waals surface area contributed by atoms with Crippen molar-refractivity contribution in [3.8, 4) is 0 Å². The van der Waals surface area contributed by atoms with Crippen LogP contribution in [0.15, 0.2) is 24.3 Å². The van der Waals surface area contributed by atoms with Crippen molar-refractivity contribution in [3.05, 3.63) is 34.9 Å². The van der Waals surface area contributed by atoms with E-state index in [9.17, 15) is 4.39 Å². The average Bonchev–Trinajstić information content (AvgIpc) is 2.71. The molecule has 0 spiro atoms. The molecule has 4 nitrogen and oxygen atoms in total. The Morgan fingerprint density at radius 2 is 1.94 bits per heavy atom. The molecule has 0 radical (unpaired) electrons. The van der Waals surface area contributed by atoms with Crippen molar-refractivity contribution >= 4 is 23.9 Å². The highest BCUT2D eigenvalue weighted by Crippen LogP contribution is 2.24. The third kappa shape index (κ3) is 2.28. The van der Waals surface area contributed by atoms with Gasteiger partial charge in [-0.1, -0.05) is 0 Å². The molecular formula is C12H15FN4S. The van der Waals surface area contributed by atoms with Crippen molar-refractivity contribution in [1.82, 2.24) is 14.8 Å².